The standard InChI is InChI=1S/C21H24N6OS2/c1-3-27-18(11-14-7-6-10-26(14)2)24-25-21(27)29-13-19(28)23-20-16(12-22)15-8-4-5-9-17(15)30-20/h6-7,10H,3-5,8-9,11,13H2,1-2H3,(H,23,28). The van der Waals surface area contributed by atoms with E-state index in [2.05, 4.69) is 43.7 Å². The summed E-state index contributed by atoms with van der Waals surface area (Å²) >= 11 is 2.93. The van der Waals surface area contributed by atoms with Crippen molar-refractivity contribution in [1.29, 1.82) is 5.26 Å². The lowest BCUT2D eigenvalue weighted by molar-refractivity contribution is -0.113. The van der Waals surface area contributed by atoms with E-state index in [1.807, 2.05) is 19.3 Å². The highest BCUT2D eigenvalue weighted by atomic mass is 32.2. The minimum atomic E-state index is -0.121. The van der Waals surface area contributed by atoms with Crippen LogP contribution in [0.15, 0.2) is 23.5 Å². The summed E-state index contributed by atoms with van der Waals surface area (Å²) in [7, 11) is 2.01. The van der Waals surface area contributed by atoms with Crippen molar-refractivity contribution < 1.29 is 4.79 Å². The average molecular weight is 441 g/mol. The molecule has 0 aliphatic heterocycles. The molecule has 1 aliphatic carbocycles. The van der Waals surface area contributed by atoms with Gasteiger partial charge in [-0.15, -0.1) is 21.5 Å². The number of aryl methyl sites for hydroxylation is 2. The number of thioether (sulfide) groups is 1. The summed E-state index contributed by atoms with van der Waals surface area (Å²) in [6, 6.07) is 6.38. The second-order valence-electron chi connectivity index (χ2n) is 7.29. The van der Waals surface area contributed by atoms with E-state index in [1.165, 1.54) is 16.6 Å². The molecule has 0 saturated carbocycles. The average Bonchev–Trinajstić information content (AvgIpc) is 3.43. The van der Waals surface area contributed by atoms with E-state index in [1.54, 1.807) is 11.3 Å². The van der Waals surface area contributed by atoms with Crippen molar-refractivity contribution in [1.82, 2.24) is 19.3 Å². The van der Waals surface area contributed by atoms with Crippen LogP contribution < -0.4 is 5.32 Å². The third-order valence-corrected chi connectivity index (χ3v) is 7.54. The van der Waals surface area contributed by atoms with Crippen LogP contribution in [-0.2, 0) is 37.6 Å². The fraction of sp³-hybridized carbons (Fsp3) is 0.429. The van der Waals surface area contributed by atoms with Crippen molar-refractivity contribution in [3.63, 3.8) is 0 Å². The normalized spacial score (nSPS) is 13.1. The third kappa shape index (κ3) is 4.16. The van der Waals surface area contributed by atoms with Crippen molar-refractivity contribution in [3.8, 4) is 6.07 Å². The number of anilines is 1. The molecule has 7 nitrogen and oxygen atoms in total. The van der Waals surface area contributed by atoms with Gasteiger partial charge in [-0.2, -0.15) is 5.26 Å². The summed E-state index contributed by atoms with van der Waals surface area (Å²) in [6.07, 6.45) is 6.91. The van der Waals surface area contributed by atoms with Gasteiger partial charge in [-0.25, -0.2) is 0 Å². The molecule has 156 valence electrons. The summed E-state index contributed by atoms with van der Waals surface area (Å²) in [5.41, 5.74) is 2.94. The number of nitrogens with one attached hydrogen (secondary N) is 1. The van der Waals surface area contributed by atoms with Crippen molar-refractivity contribution >= 4 is 34.0 Å². The Morgan fingerprint density at radius 1 is 1.37 bits per heavy atom. The summed E-state index contributed by atoms with van der Waals surface area (Å²) in [6.45, 7) is 2.80. The second-order valence-corrected chi connectivity index (χ2v) is 9.34. The quantitative estimate of drug-likeness (QED) is 0.565. The van der Waals surface area contributed by atoms with Crippen LogP contribution in [0.4, 0.5) is 5.00 Å². The van der Waals surface area contributed by atoms with Gasteiger partial charge in [0.05, 0.1) is 11.3 Å². The van der Waals surface area contributed by atoms with E-state index >= 15 is 0 Å². The minimum absolute atomic E-state index is 0.121. The molecule has 9 heteroatoms. The van der Waals surface area contributed by atoms with Gasteiger partial charge in [-0.05, 0) is 50.3 Å². The van der Waals surface area contributed by atoms with Crippen LogP contribution in [0.5, 0.6) is 0 Å². The topological polar surface area (TPSA) is 88.5 Å². The molecule has 3 heterocycles. The van der Waals surface area contributed by atoms with Gasteiger partial charge in [0.2, 0.25) is 5.91 Å². The molecule has 1 amide bonds. The highest BCUT2D eigenvalue weighted by molar-refractivity contribution is 7.99. The highest BCUT2D eigenvalue weighted by Gasteiger charge is 2.22. The van der Waals surface area contributed by atoms with Crippen molar-refractivity contribution in [2.75, 3.05) is 11.1 Å². The number of aromatic nitrogens is 4. The van der Waals surface area contributed by atoms with Crippen LogP contribution in [0.2, 0.25) is 0 Å². The molecule has 3 aromatic rings. The van der Waals surface area contributed by atoms with Crippen molar-refractivity contribution in [3.05, 3.63) is 45.9 Å². The van der Waals surface area contributed by atoms with Crippen LogP contribution in [-0.4, -0.2) is 31.0 Å². The van der Waals surface area contributed by atoms with Gasteiger partial charge in [0.15, 0.2) is 5.16 Å². The fourth-order valence-electron chi connectivity index (χ4n) is 3.78. The monoisotopic (exact) mass is 440 g/mol. The Labute approximate surface area is 184 Å². The number of hydrogen-bond donors (Lipinski definition) is 1. The molecule has 0 fully saturated rings. The zero-order valence-electron chi connectivity index (χ0n) is 17.1. The van der Waals surface area contributed by atoms with E-state index in [4.69, 9.17) is 0 Å². The van der Waals surface area contributed by atoms with Gasteiger partial charge >= 0.3 is 0 Å². The van der Waals surface area contributed by atoms with Crippen LogP contribution >= 0.6 is 23.1 Å². The first kappa shape index (κ1) is 20.7. The second kappa shape index (κ2) is 9.06. The molecular formula is C21H24N6OS2. The maximum atomic E-state index is 12.6. The number of thiophene rings is 1. The molecule has 30 heavy (non-hydrogen) atoms. The number of nitrogens with zero attached hydrogens (tertiary/aromatic N) is 5. The first-order valence-electron chi connectivity index (χ1n) is 10.1. The molecule has 1 aliphatic rings. The molecule has 0 saturated heterocycles. The molecule has 0 atom stereocenters. The smallest absolute Gasteiger partial charge is 0.235 e. The van der Waals surface area contributed by atoms with Gasteiger partial charge in [-0.3, -0.25) is 4.79 Å². The van der Waals surface area contributed by atoms with E-state index in [-0.39, 0.29) is 11.7 Å². The SMILES string of the molecule is CCn1c(Cc2cccn2C)nnc1SCC(=O)Nc1sc2c(c1C#N)CCCC2. The Hall–Kier alpha value is -2.57. The zero-order chi connectivity index (χ0) is 21.1. The molecule has 0 radical (unpaired) electrons. The summed E-state index contributed by atoms with van der Waals surface area (Å²) < 4.78 is 4.12. The Balaban J connectivity index is 1.42. The lowest BCUT2D eigenvalue weighted by Gasteiger charge is -2.09. The molecule has 4 rings (SSSR count). The number of hydrogen-bond acceptors (Lipinski definition) is 6. The number of rotatable bonds is 7. The van der Waals surface area contributed by atoms with Crippen LogP contribution in [0, 0.1) is 11.3 Å². The van der Waals surface area contributed by atoms with Gasteiger partial charge in [-0.1, -0.05) is 11.8 Å². The van der Waals surface area contributed by atoms with Crippen LogP contribution in [0.1, 0.15) is 47.3 Å². The Morgan fingerprint density at radius 2 is 2.20 bits per heavy atom. The van der Waals surface area contributed by atoms with E-state index < -0.39 is 0 Å². The largest absolute Gasteiger partial charge is 0.354 e. The molecular weight excluding hydrogens is 416 g/mol. The first-order chi connectivity index (χ1) is 14.6. The van der Waals surface area contributed by atoms with E-state index in [9.17, 15) is 10.1 Å². The van der Waals surface area contributed by atoms with Crippen molar-refractivity contribution in [2.24, 2.45) is 7.05 Å². The van der Waals surface area contributed by atoms with E-state index in [0.717, 1.165) is 54.5 Å². The molecule has 1 N–H and O–H groups in total. The molecule has 0 aromatic carbocycles. The maximum Gasteiger partial charge on any atom is 0.235 e. The fourth-order valence-corrected chi connectivity index (χ4v) is 5.86. The Kier molecular flexibility index (Phi) is 6.25. The molecule has 0 unspecified atom stereocenters. The lowest BCUT2D eigenvalue weighted by atomic mass is 9.96. The number of amides is 1. The minimum Gasteiger partial charge on any atom is -0.354 e. The predicted molar refractivity (Wildman–Crippen MR) is 119 cm³/mol. The molecule has 0 spiro atoms. The van der Waals surface area contributed by atoms with Gasteiger partial charge in [0, 0.05) is 36.8 Å². The van der Waals surface area contributed by atoms with Gasteiger partial charge < -0.3 is 14.5 Å². The molecule has 3 aromatic heterocycles. The predicted octanol–water partition coefficient (Wildman–Crippen LogP) is 3.77. The van der Waals surface area contributed by atoms with Gasteiger partial charge in [0.1, 0.15) is 16.9 Å². The van der Waals surface area contributed by atoms with Crippen LogP contribution in [0.3, 0.4) is 0 Å². The first-order valence-corrected chi connectivity index (χ1v) is 11.9. The maximum absolute atomic E-state index is 12.6. The Bertz CT molecular complexity index is 1100. The number of fused-ring (bicyclic) bond motifs is 1. The number of nitriles is 1. The highest BCUT2D eigenvalue weighted by Crippen LogP contribution is 2.37. The third-order valence-electron chi connectivity index (χ3n) is 5.37. The number of carbonyl (C=O) groups is 1. The Morgan fingerprint density at radius 3 is 2.93 bits per heavy atom. The number of carbonyl (C=O) groups excluding carboxylic acids is 1. The van der Waals surface area contributed by atoms with E-state index in [0.29, 0.717) is 17.0 Å². The zero-order valence-corrected chi connectivity index (χ0v) is 18.8. The van der Waals surface area contributed by atoms with Crippen LogP contribution in [0.25, 0.3) is 0 Å². The van der Waals surface area contributed by atoms with Crippen molar-refractivity contribution in [2.45, 2.75) is 50.7 Å². The summed E-state index contributed by atoms with van der Waals surface area (Å²) in [5.74, 6) is 1.00. The summed E-state index contributed by atoms with van der Waals surface area (Å²) in [4.78, 5) is 13.8. The lowest BCUT2D eigenvalue weighted by Crippen LogP contribution is -2.15. The summed E-state index contributed by atoms with van der Waals surface area (Å²) in [5, 5.41) is 22.6. The van der Waals surface area contributed by atoms with Gasteiger partial charge in [0.25, 0.3) is 0 Å². The molecule has 0 bridgehead atoms.